The van der Waals surface area contributed by atoms with Crippen LogP contribution in [0.4, 0.5) is 5.69 Å². The zero-order valence-electron chi connectivity index (χ0n) is 14.7. The Morgan fingerprint density at radius 2 is 2.04 bits per heavy atom. The minimum atomic E-state index is -0.622. The van der Waals surface area contributed by atoms with E-state index in [0.717, 1.165) is 25.9 Å². The van der Waals surface area contributed by atoms with Crippen LogP contribution in [0.2, 0.25) is 10.0 Å². The van der Waals surface area contributed by atoms with Crippen molar-refractivity contribution in [3.63, 3.8) is 0 Å². The van der Waals surface area contributed by atoms with Crippen molar-refractivity contribution in [2.75, 3.05) is 32.1 Å². The number of benzene rings is 1. The number of esters is 1. The van der Waals surface area contributed by atoms with Gasteiger partial charge in [0, 0.05) is 18.1 Å². The molecule has 2 heterocycles. The zero-order valence-corrected chi connectivity index (χ0v) is 16.2. The second kappa shape index (κ2) is 8.69. The van der Waals surface area contributed by atoms with Crippen LogP contribution in [0.3, 0.4) is 0 Å². The molecule has 10 heteroatoms. The van der Waals surface area contributed by atoms with Gasteiger partial charge >= 0.3 is 5.97 Å². The number of piperidine rings is 1. The highest BCUT2D eigenvalue weighted by Crippen LogP contribution is 2.31. The first-order chi connectivity index (χ1) is 13.0. The number of amides is 1. The topological polar surface area (TPSA) is 89.4 Å². The Hall–Kier alpha value is -2.16. The van der Waals surface area contributed by atoms with Gasteiger partial charge in [0.1, 0.15) is 12.7 Å². The molecule has 0 atom stereocenters. The largest absolute Gasteiger partial charge is 0.465 e. The van der Waals surface area contributed by atoms with Crippen molar-refractivity contribution in [3.05, 3.63) is 40.4 Å². The Labute approximate surface area is 166 Å². The average molecular weight is 412 g/mol. The van der Waals surface area contributed by atoms with Gasteiger partial charge < -0.3 is 10.1 Å². The molecule has 1 aromatic heterocycles. The summed E-state index contributed by atoms with van der Waals surface area (Å²) in [6.45, 7) is 1.72. The Kier molecular flexibility index (Phi) is 6.30. The number of rotatable bonds is 5. The molecule has 8 nitrogen and oxygen atoms in total. The zero-order chi connectivity index (χ0) is 19.4. The van der Waals surface area contributed by atoms with E-state index in [-0.39, 0.29) is 33.7 Å². The molecule has 0 spiro atoms. The van der Waals surface area contributed by atoms with Gasteiger partial charge in [0.2, 0.25) is 5.91 Å². The van der Waals surface area contributed by atoms with E-state index in [1.165, 1.54) is 25.6 Å². The molecule has 0 radical (unpaired) electrons. The minimum absolute atomic E-state index is 0.119. The van der Waals surface area contributed by atoms with Crippen LogP contribution in [-0.4, -0.2) is 58.3 Å². The second-order valence-electron chi connectivity index (χ2n) is 6.23. The number of carbonyl (C=O) groups is 2. The molecule has 0 aliphatic carbocycles. The standard InChI is InChI=1S/C17H19Cl2N5O3/c1-27-17(26)13-6-11(18)7-14(19)16(13)22-15(25)8-23-4-2-12(3-5-23)24-10-20-9-21-24/h6-7,9-10,12H,2-5,8H2,1H3,(H,22,25). The normalized spacial score (nSPS) is 15.5. The van der Waals surface area contributed by atoms with Crippen molar-refractivity contribution in [1.82, 2.24) is 19.7 Å². The third kappa shape index (κ3) is 4.77. The summed E-state index contributed by atoms with van der Waals surface area (Å²) in [6, 6.07) is 3.18. The number of aromatic nitrogens is 3. The lowest BCUT2D eigenvalue weighted by Crippen LogP contribution is -2.40. The summed E-state index contributed by atoms with van der Waals surface area (Å²) in [5.41, 5.74) is 0.323. The molecule has 0 saturated carbocycles. The number of halogens is 2. The number of ether oxygens (including phenoxy) is 1. The molecule has 1 saturated heterocycles. The van der Waals surface area contributed by atoms with Crippen LogP contribution in [0.5, 0.6) is 0 Å². The smallest absolute Gasteiger partial charge is 0.340 e. The number of anilines is 1. The number of likely N-dealkylation sites (tertiary alicyclic amines) is 1. The van der Waals surface area contributed by atoms with E-state index in [0.29, 0.717) is 6.04 Å². The Morgan fingerprint density at radius 1 is 1.30 bits per heavy atom. The maximum atomic E-state index is 12.5. The van der Waals surface area contributed by atoms with E-state index in [1.807, 2.05) is 9.58 Å². The van der Waals surface area contributed by atoms with Gasteiger partial charge in [0.15, 0.2) is 0 Å². The van der Waals surface area contributed by atoms with Crippen LogP contribution >= 0.6 is 23.2 Å². The predicted octanol–water partition coefficient (Wildman–Crippen LogP) is 2.65. The first kappa shape index (κ1) is 19.6. The lowest BCUT2D eigenvalue weighted by atomic mass is 10.1. The van der Waals surface area contributed by atoms with E-state index in [9.17, 15) is 9.59 Å². The van der Waals surface area contributed by atoms with Crippen LogP contribution in [0.1, 0.15) is 29.2 Å². The maximum Gasteiger partial charge on any atom is 0.340 e. The molecule has 1 aliphatic heterocycles. The van der Waals surface area contributed by atoms with Gasteiger partial charge in [-0.15, -0.1) is 0 Å². The number of hydrogen-bond acceptors (Lipinski definition) is 6. The van der Waals surface area contributed by atoms with E-state index < -0.39 is 5.97 Å². The lowest BCUT2D eigenvalue weighted by molar-refractivity contribution is -0.117. The molecule has 1 aromatic carbocycles. The Morgan fingerprint density at radius 3 is 2.67 bits per heavy atom. The van der Waals surface area contributed by atoms with Crippen LogP contribution in [-0.2, 0) is 9.53 Å². The molecule has 1 amide bonds. The number of nitrogens with one attached hydrogen (secondary N) is 1. The molecule has 3 rings (SSSR count). The van der Waals surface area contributed by atoms with Gasteiger partial charge in [-0.05, 0) is 25.0 Å². The third-order valence-corrected chi connectivity index (χ3v) is 4.98. The highest BCUT2D eigenvalue weighted by Gasteiger charge is 2.24. The SMILES string of the molecule is COC(=O)c1cc(Cl)cc(Cl)c1NC(=O)CN1CCC(n2cncn2)CC1. The summed E-state index contributed by atoms with van der Waals surface area (Å²) in [6.07, 6.45) is 5.00. The van der Waals surface area contributed by atoms with Gasteiger partial charge in [-0.2, -0.15) is 5.10 Å². The van der Waals surface area contributed by atoms with E-state index in [2.05, 4.69) is 15.4 Å². The number of nitrogens with zero attached hydrogens (tertiary/aromatic N) is 4. The molecular formula is C17H19Cl2N5O3. The van der Waals surface area contributed by atoms with Crippen LogP contribution in [0, 0.1) is 0 Å². The predicted molar refractivity (Wildman–Crippen MR) is 101 cm³/mol. The fourth-order valence-corrected chi connectivity index (χ4v) is 3.64. The first-order valence-electron chi connectivity index (χ1n) is 8.41. The number of carbonyl (C=O) groups excluding carboxylic acids is 2. The van der Waals surface area contributed by atoms with E-state index in [4.69, 9.17) is 27.9 Å². The maximum absolute atomic E-state index is 12.5. The Balaban J connectivity index is 1.61. The molecule has 1 N–H and O–H groups in total. The van der Waals surface area contributed by atoms with Crippen molar-refractivity contribution >= 4 is 40.8 Å². The third-order valence-electron chi connectivity index (χ3n) is 4.46. The molecule has 0 unspecified atom stereocenters. The second-order valence-corrected chi connectivity index (χ2v) is 7.08. The summed E-state index contributed by atoms with van der Waals surface area (Å²) in [5, 5.41) is 7.35. The van der Waals surface area contributed by atoms with Gasteiger partial charge in [0.05, 0.1) is 36.0 Å². The summed E-state index contributed by atoms with van der Waals surface area (Å²) in [5.74, 6) is -0.882. The first-order valence-corrected chi connectivity index (χ1v) is 9.17. The van der Waals surface area contributed by atoms with Crippen molar-refractivity contribution in [1.29, 1.82) is 0 Å². The molecule has 2 aromatic rings. The minimum Gasteiger partial charge on any atom is -0.465 e. The van der Waals surface area contributed by atoms with Crippen LogP contribution in [0.15, 0.2) is 24.8 Å². The lowest BCUT2D eigenvalue weighted by Gasteiger charge is -2.31. The fraction of sp³-hybridized carbons (Fsp3) is 0.412. The Bertz CT molecular complexity index is 820. The molecule has 1 aliphatic rings. The fourth-order valence-electron chi connectivity index (χ4n) is 3.10. The van der Waals surface area contributed by atoms with Gasteiger partial charge in [-0.3, -0.25) is 9.69 Å². The van der Waals surface area contributed by atoms with Crippen molar-refractivity contribution < 1.29 is 14.3 Å². The number of methoxy groups -OCH3 is 1. The van der Waals surface area contributed by atoms with Crippen molar-refractivity contribution in [2.24, 2.45) is 0 Å². The monoisotopic (exact) mass is 411 g/mol. The molecule has 144 valence electrons. The molecule has 1 fully saturated rings. The molecule has 27 heavy (non-hydrogen) atoms. The number of hydrogen-bond donors (Lipinski definition) is 1. The van der Waals surface area contributed by atoms with Gasteiger partial charge in [0.25, 0.3) is 0 Å². The summed E-state index contributed by atoms with van der Waals surface area (Å²) in [4.78, 5) is 30.4. The summed E-state index contributed by atoms with van der Waals surface area (Å²) in [7, 11) is 1.25. The highest BCUT2D eigenvalue weighted by molar-refractivity contribution is 6.37. The summed E-state index contributed by atoms with van der Waals surface area (Å²) >= 11 is 12.1. The quantitative estimate of drug-likeness (QED) is 0.760. The van der Waals surface area contributed by atoms with Gasteiger partial charge in [-0.25, -0.2) is 14.5 Å². The van der Waals surface area contributed by atoms with Crippen molar-refractivity contribution in [3.8, 4) is 0 Å². The molecule has 0 bridgehead atoms. The average Bonchev–Trinajstić information content (AvgIpc) is 3.18. The molecular weight excluding hydrogens is 393 g/mol. The van der Waals surface area contributed by atoms with E-state index in [1.54, 1.807) is 6.33 Å². The van der Waals surface area contributed by atoms with Crippen LogP contribution in [0.25, 0.3) is 0 Å². The highest BCUT2D eigenvalue weighted by atomic mass is 35.5. The summed E-state index contributed by atoms with van der Waals surface area (Å²) < 4.78 is 6.59. The van der Waals surface area contributed by atoms with Crippen LogP contribution < -0.4 is 5.32 Å². The van der Waals surface area contributed by atoms with Gasteiger partial charge in [-0.1, -0.05) is 23.2 Å². The van der Waals surface area contributed by atoms with Crippen molar-refractivity contribution in [2.45, 2.75) is 18.9 Å². The van der Waals surface area contributed by atoms with E-state index >= 15 is 0 Å².